The van der Waals surface area contributed by atoms with E-state index in [0.717, 1.165) is 55.9 Å². The molecule has 3 aromatic rings. The number of nitrogens with zero attached hydrogens (tertiary/aromatic N) is 3. The first-order valence-electron chi connectivity index (χ1n) is 8.49. The lowest BCUT2D eigenvalue weighted by Gasteiger charge is -2.22. The van der Waals surface area contributed by atoms with Gasteiger partial charge in [-0.2, -0.15) is 0 Å². The molecule has 5 nitrogen and oxygen atoms in total. The zero-order valence-corrected chi connectivity index (χ0v) is 14.0. The van der Waals surface area contributed by atoms with Gasteiger partial charge >= 0.3 is 0 Å². The largest absolute Gasteiger partial charge is 0.464 e. The summed E-state index contributed by atoms with van der Waals surface area (Å²) in [6.45, 7) is 4.49. The van der Waals surface area contributed by atoms with Crippen LogP contribution >= 0.6 is 0 Å². The third kappa shape index (κ3) is 3.52. The zero-order valence-electron chi connectivity index (χ0n) is 14.0. The standard InChI is InChI=1S/C19H23N3O2/c1-21-11-18(20-14-21)12-22-5-7-23-13-16(10-22)8-15-2-3-17-4-6-24-19(17)9-15/h2-4,6,9,11,14,16H,5,7-8,10,12-13H2,1H3/t16-/m0/s1. The van der Waals surface area contributed by atoms with Crippen molar-refractivity contribution in [1.29, 1.82) is 0 Å². The smallest absolute Gasteiger partial charge is 0.134 e. The van der Waals surface area contributed by atoms with Crippen LogP contribution < -0.4 is 0 Å². The summed E-state index contributed by atoms with van der Waals surface area (Å²) in [4.78, 5) is 6.90. The lowest BCUT2D eigenvalue weighted by Crippen LogP contribution is -2.30. The maximum absolute atomic E-state index is 5.83. The van der Waals surface area contributed by atoms with E-state index in [1.807, 2.05) is 24.0 Å². The average molecular weight is 325 g/mol. The molecule has 0 unspecified atom stereocenters. The Labute approximate surface area is 141 Å². The summed E-state index contributed by atoms with van der Waals surface area (Å²) >= 11 is 0. The Hall–Kier alpha value is -2.11. The van der Waals surface area contributed by atoms with Gasteiger partial charge in [0.15, 0.2) is 0 Å². The molecular formula is C19H23N3O2. The molecule has 1 aliphatic heterocycles. The summed E-state index contributed by atoms with van der Waals surface area (Å²) in [5, 5.41) is 1.16. The van der Waals surface area contributed by atoms with Crippen molar-refractivity contribution >= 4 is 11.0 Å². The molecule has 0 bridgehead atoms. The fraction of sp³-hybridized carbons (Fsp3) is 0.421. The summed E-state index contributed by atoms with van der Waals surface area (Å²) in [6.07, 6.45) is 6.71. The SMILES string of the molecule is Cn1cnc(CN2CCOC[C@@H](Cc3ccc4ccoc4c3)C2)c1. The minimum Gasteiger partial charge on any atom is -0.464 e. The number of aryl methyl sites for hydroxylation is 1. The third-order valence-corrected chi connectivity index (χ3v) is 4.61. The fourth-order valence-corrected chi connectivity index (χ4v) is 3.46. The second-order valence-corrected chi connectivity index (χ2v) is 6.70. The summed E-state index contributed by atoms with van der Waals surface area (Å²) < 4.78 is 13.4. The molecule has 4 rings (SSSR count). The summed E-state index contributed by atoms with van der Waals surface area (Å²) in [7, 11) is 2.01. The lowest BCUT2D eigenvalue weighted by molar-refractivity contribution is 0.121. The van der Waals surface area contributed by atoms with Crippen molar-refractivity contribution in [3.63, 3.8) is 0 Å². The molecule has 2 aromatic heterocycles. The van der Waals surface area contributed by atoms with Gasteiger partial charge in [-0.3, -0.25) is 4.90 Å². The summed E-state index contributed by atoms with van der Waals surface area (Å²) in [5.74, 6) is 0.489. The van der Waals surface area contributed by atoms with Crippen LogP contribution in [-0.2, 0) is 24.8 Å². The van der Waals surface area contributed by atoms with Crippen molar-refractivity contribution in [2.24, 2.45) is 13.0 Å². The summed E-state index contributed by atoms with van der Waals surface area (Å²) in [6, 6.07) is 8.50. The molecule has 1 atom stereocenters. The van der Waals surface area contributed by atoms with Gasteiger partial charge in [-0.25, -0.2) is 4.98 Å². The van der Waals surface area contributed by atoms with E-state index in [-0.39, 0.29) is 0 Å². The van der Waals surface area contributed by atoms with Gasteiger partial charge < -0.3 is 13.7 Å². The van der Waals surface area contributed by atoms with Gasteiger partial charge in [0.05, 0.1) is 31.5 Å². The molecule has 0 radical (unpaired) electrons. The minimum absolute atomic E-state index is 0.489. The Bertz CT molecular complexity index is 808. The highest BCUT2D eigenvalue weighted by Crippen LogP contribution is 2.21. The number of fused-ring (bicyclic) bond motifs is 1. The van der Waals surface area contributed by atoms with Crippen LogP contribution in [0.25, 0.3) is 11.0 Å². The topological polar surface area (TPSA) is 43.4 Å². The van der Waals surface area contributed by atoms with E-state index in [0.29, 0.717) is 5.92 Å². The van der Waals surface area contributed by atoms with E-state index in [1.165, 1.54) is 5.56 Å². The molecule has 5 heteroatoms. The first kappa shape index (κ1) is 15.4. The fourth-order valence-electron chi connectivity index (χ4n) is 3.46. The Morgan fingerprint density at radius 3 is 3.12 bits per heavy atom. The Morgan fingerprint density at radius 1 is 1.29 bits per heavy atom. The van der Waals surface area contributed by atoms with Crippen LogP contribution in [0.4, 0.5) is 0 Å². The molecule has 1 saturated heterocycles. The Balaban J connectivity index is 1.43. The first-order chi connectivity index (χ1) is 11.8. The third-order valence-electron chi connectivity index (χ3n) is 4.61. The van der Waals surface area contributed by atoms with Crippen LogP contribution in [0, 0.1) is 5.92 Å². The molecule has 126 valence electrons. The van der Waals surface area contributed by atoms with E-state index in [2.05, 4.69) is 34.3 Å². The van der Waals surface area contributed by atoms with Crippen LogP contribution in [-0.4, -0.2) is 40.8 Å². The molecule has 0 spiro atoms. The number of aromatic nitrogens is 2. The molecular weight excluding hydrogens is 302 g/mol. The van der Waals surface area contributed by atoms with Crippen molar-refractivity contribution in [3.8, 4) is 0 Å². The first-order valence-corrected chi connectivity index (χ1v) is 8.49. The van der Waals surface area contributed by atoms with Crippen LogP contribution in [0.1, 0.15) is 11.3 Å². The van der Waals surface area contributed by atoms with Gasteiger partial charge in [-0.15, -0.1) is 0 Å². The van der Waals surface area contributed by atoms with Gasteiger partial charge in [0.25, 0.3) is 0 Å². The number of rotatable bonds is 4. The lowest BCUT2D eigenvalue weighted by atomic mass is 9.99. The number of hydrogen-bond donors (Lipinski definition) is 0. The number of furan rings is 1. The van der Waals surface area contributed by atoms with E-state index >= 15 is 0 Å². The molecule has 1 aromatic carbocycles. The van der Waals surface area contributed by atoms with E-state index < -0.39 is 0 Å². The monoisotopic (exact) mass is 325 g/mol. The molecule has 0 amide bonds. The van der Waals surface area contributed by atoms with E-state index in [9.17, 15) is 0 Å². The minimum atomic E-state index is 0.489. The normalized spacial score (nSPS) is 19.6. The maximum atomic E-state index is 5.83. The second-order valence-electron chi connectivity index (χ2n) is 6.70. The molecule has 1 aliphatic rings. The Kier molecular flexibility index (Phi) is 4.36. The van der Waals surface area contributed by atoms with Crippen molar-refractivity contribution < 1.29 is 9.15 Å². The zero-order chi connectivity index (χ0) is 16.4. The van der Waals surface area contributed by atoms with E-state index in [4.69, 9.17) is 9.15 Å². The van der Waals surface area contributed by atoms with E-state index in [1.54, 1.807) is 6.26 Å². The highest BCUT2D eigenvalue weighted by molar-refractivity contribution is 5.77. The van der Waals surface area contributed by atoms with Crippen LogP contribution in [0.15, 0.2) is 47.5 Å². The van der Waals surface area contributed by atoms with Crippen molar-refractivity contribution in [3.05, 3.63) is 54.3 Å². The predicted octanol–water partition coefficient (Wildman–Crippen LogP) is 2.86. The quantitative estimate of drug-likeness (QED) is 0.740. The molecule has 0 N–H and O–H groups in total. The second kappa shape index (κ2) is 6.79. The molecule has 3 heterocycles. The Morgan fingerprint density at radius 2 is 2.25 bits per heavy atom. The molecule has 1 fully saturated rings. The van der Waals surface area contributed by atoms with Crippen LogP contribution in [0.2, 0.25) is 0 Å². The van der Waals surface area contributed by atoms with Crippen LogP contribution in [0.5, 0.6) is 0 Å². The van der Waals surface area contributed by atoms with Crippen molar-refractivity contribution in [1.82, 2.24) is 14.5 Å². The molecule has 0 saturated carbocycles. The van der Waals surface area contributed by atoms with Gasteiger partial charge in [0.1, 0.15) is 5.58 Å². The van der Waals surface area contributed by atoms with Crippen LogP contribution in [0.3, 0.4) is 0 Å². The number of ether oxygens (including phenoxy) is 1. The highest BCUT2D eigenvalue weighted by atomic mass is 16.5. The average Bonchev–Trinajstić information content (AvgIpc) is 3.13. The van der Waals surface area contributed by atoms with Gasteiger partial charge in [-0.05, 0) is 30.0 Å². The number of hydrogen-bond acceptors (Lipinski definition) is 4. The predicted molar refractivity (Wildman–Crippen MR) is 92.7 cm³/mol. The van der Waals surface area contributed by atoms with Crippen molar-refractivity contribution in [2.45, 2.75) is 13.0 Å². The highest BCUT2D eigenvalue weighted by Gasteiger charge is 2.20. The van der Waals surface area contributed by atoms with Gasteiger partial charge in [-0.1, -0.05) is 12.1 Å². The molecule has 0 aliphatic carbocycles. The molecule has 24 heavy (non-hydrogen) atoms. The van der Waals surface area contributed by atoms with Gasteiger partial charge in [0.2, 0.25) is 0 Å². The van der Waals surface area contributed by atoms with Gasteiger partial charge in [0, 0.05) is 38.3 Å². The maximum Gasteiger partial charge on any atom is 0.134 e. The summed E-state index contributed by atoms with van der Waals surface area (Å²) in [5.41, 5.74) is 3.40. The number of benzene rings is 1. The number of imidazole rings is 1. The van der Waals surface area contributed by atoms with Crippen molar-refractivity contribution in [2.75, 3.05) is 26.3 Å².